The van der Waals surface area contributed by atoms with Crippen LogP contribution in [0.3, 0.4) is 0 Å². The lowest BCUT2D eigenvalue weighted by atomic mass is 10.2. The van der Waals surface area contributed by atoms with Crippen molar-refractivity contribution in [2.45, 2.75) is 6.92 Å². The largest absolute Gasteiger partial charge is 0.483 e. The van der Waals surface area contributed by atoms with Crippen LogP contribution in [0.4, 0.5) is 15.8 Å². The third kappa shape index (κ3) is 7.52. The number of amides is 3. The van der Waals surface area contributed by atoms with E-state index in [4.69, 9.17) is 4.74 Å². The van der Waals surface area contributed by atoms with Gasteiger partial charge in [-0.2, -0.15) is 5.10 Å². The first-order valence-electron chi connectivity index (χ1n) is 9.99. The Hall–Kier alpha value is -4.05. The number of ether oxygens (including phenoxy) is 1. The minimum atomic E-state index is -1.02. The minimum absolute atomic E-state index is 0.247. The summed E-state index contributed by atoms with van der Waals surface area (Å²) >= 11 is 3.34. The number of carbonyl (C=O) groups excluding carboxylic acids is 3. The van der Waals surface area contributed by atoms with Crippen molar-refractivity contribution >= 4 is 51.2 Å². The smallest absolute Gasteiger partial charge is 0.329 e. The number of anilines is 2. The number of halogens is 2. The van der Waals surface area contributed by atoms with Gasteiger partial charge in [-0.25, -0.2) is 9.82 Å². The van der Waals surface area contributed by atoms with Gasteiger partial charge in [-0.1, -0.05) is 28.1 Å². The van der Waals surface area contributed by atoms with Gasteiger partial charge < -0.3 is 15.4 Å². The molecule has 3 aromatic rings. The maximum absolute atomic E-state index is 12.9. The molecular weight excluding hydrogens is 507 g/mol. The topological polar surface area (TPSA) is 109 Å². The highest BCUT2D eigenvalue weighted by atomic mass is 79.9. The average molecular weight is 527 g/mol. The van der Waals surface area contributed by atoms with Crippen LogP contribution in [-0.4, -0.2) is 30.5 Å². The lowest BCUT2D eigenvalue weighted by molar-refractivity contribution is -0.136. The molecule has 0 aromatic heterocycles. The summed E-state index contributed by atoms with van der Waals surface area (Å²) in [5.41, 5.74) is 4.50. The Morgan fingerprint density at radius 1 is 0.971 bits per heavy atom. The molecule has 0 saturated carbocycles. The third-order valence-electron chi connectivity index (χ3n) is 4.31. The molecule has 0 aliphatic heterocycles. The van der Waals surface area contributed by atoms with E-state index in [9.17, 15) is 18.8 Å². The van der Waals surface area contributed by atoms with Crippen molar-refractivity contribution in [3.05, 3.63) is 88.1 Å². The molecule has 0 radical (unpaired) electrons. The second-order valence-corrected chi connectivity index (χ2v) is 7.96. The van der Waals surface area contributed by atoms with E-state index < -0.39 is 17.6 Å². The second kappa shape index (κ2) is 11.7. The van der Waals surface area contributed by atoms with Crippen LogP contribution in [0.1, 0.15) is 11.1 Å². The van der Waals surface area contributed by atoms with Gasteiger partial charge in [0.1, 0.15) is 11.6 Å². The molecule has 0 saturated heterocycles. The van der Waals surface area contributed by atoms with Crippen molar-refractivity contribution < 1.29 is 23.5 Å². The zero-order chi connectivity index (χ0) is 24.5. The third-order valence-corrected chi connectivity index (χ3v) is 4.80. The van der Waals surface area contributed by atoms with Crippen LogP contribution >= 0.6 is 15.9 Å². The van der Waals surface area contributed by atoms with Gasteiger partial charge >= 0.3 is 11.8 Å². The molecular formula is C24H20BrFN4O4. The lowest BCUT2D eigenvalue weighted by Crippen LogP contribution is -2.32. The molecule has 3 amide bonds. The summed E-state index contributed by atoms with van der Waals surface area (Å²) in [5, 5.41) is 8.85. The number of hydrogen-bond acceptors (Lipinski definition) is 5. The summed E-state index contributed by atoms with van der Waals surface area (Å²) in [7, 11) is 0. The molecule has 0 unspecified atom stereocenters. The van der Waals surface area contributed by atoms with Crippen molar-refractivity contribution in [3.63, 3.8) is 0 Å². The van der Waals surface area contributed by atoms with Gasteiger partial charge in [0.15, 0.2) is 6.61 Å². The maximum Gasteiger partial charge on any atom is 0.329 e. The summed E-state index contributed by atoms with van der Waals surface area (Å²) in [6.45, 7) is 1.67. The van der Waals surface area contributed by atoms with Crippen molar-refractivity contribution in [3.8, 4) is 5.75 Å². The normalized spacial score (nSPS) is 10.6. The number of benzene rings is 3. The quantitative estimate of drug-likeness (QED) is 0.245. The van der Waals surface area contributed by atoms with Crippen molar-refractivity contribution in [1.82, 2.24) is 5.43 Å². The van der Waals surface area contributed by atoms with Crippen LogP contribution in [0.25, 0.3) is 0 Å². The second-order valence-electron chi connectivity index (χ2n) is 7.05. The number of nitrogens with zero attached hydrogens (tertiary/aromatic N) is 1. The van der Waals surface area contributed by atoms with E-state index in [1.807, 2.05) is 25.1 Å². The fourth-order valence-corrected chi connectivity index (χ4v) is 3.13. The predicted molar refractivity (Wildman–Crippen MR) is 130 cm³/mol. The Labute approximate surface area is 203 Å². The molecule has 10 heteroatoms. The number of hydrogen-bond donors (Lipinski definition) is 3. The molecule has 8 nitrogen and oxygen atoms in total. The van der Waals surface area contributed by atoms with E-state index in [1.54, 1.807) is 24.3 Å². The van der Waals surface area contributed by atoms with Crippen LogP contribution < -0.4 is 20.8 Å². The maximum atomic E-state index is 12.9. The molecule has 3 rings (SSSR count). The summed E-state index contributed by atoms with van der Waals surface area (Å²) in [4.78, 5) is 36.1. The predicted octanol–water partition coefficient (Wildman–Crippen LogP) is 4.00. The van der Waals surface area contributed by atoms with Gasteiger partial charge in [0, 0.05) is 21.4 Å². The van der Waals surface area contributed by atoms with E-state index in [2.05, 4.69) is 37.1 Å². The molecule has 34 heavy (non-hydrogen) atoms. The molecule has 0 heterocycles. The first kappa shape index (κ1) is 24.6. The monoisotopic (exact) mass is 526 g/mol. The molecule has 3 aromatic carbocycles. The van der Waals surface area contributed by atoms with Gasteiger partial charge in [0.2, 0.25) is 0 Å². The number of rotatable bonds is 7. The number of hydrazone groups is 1. The molecule has 0 spiro atoms. The Kier molecular flexibility index (Phi) is 8.47. The molecule has 0 aliphatic rings. The van der Waals surface area contributed by atoms with Crippen LogP contribution in [-0.2, 0) is 14.4 Å². The highest BCUT2D eigenvalue weighted by Gasteiger charge is 2.13. The molecule has 0 bridgehead atoms. The lowest BCUT2D eigenvalue weighted by Gasteiger charge is -2.10. The first-order chi connectivity index (χ1) is 16.3. The van der Waals surface area contributed by atoms with E-state index in [0.29, 0.717) is 21.5 Å². The average Bonchev–Trinajstić information content (AvgIpc) is 2.80. The van der Waals surface area contributed by atoms with Gasteiger partial charge in [0.25, 0.3) is 5.91 Å². The van der Waals surface area contributed by atoms with Crippen molar-refractivity contribution in [1.29, 1.82) is 0 Å². The Morgan fingerprint density at radius 3 is 2.47 bits per heavy atom. The number of aryl methyl sites for hydroxylation is 1. The summed E-state index contributed by atoms with van der Waals surface area (Å²) < 4.78 is 19.3. The number of carbonyl (C=O) groups is 3. The molecule has 174 valence electrons. The van der Waals surface area contributed by atoms with Gasteiger partial charge in [-0.3, -0.25) is 14.4 Å². The molecule has 3 N–H and O–H groups in total. The highest BCUT2D eigenvalue weighted by molar-refractivity contribution is 9.10. The van der Waals surface area contributed by atoms with Crippen LogP contribution in [0, 0.1) is 12.7 Å². The molecule has 0 atom stereocenters. The summed E-state index contributed by atoms with van der Waals surface area (Å²) in [6.07, 6.45) is 1.28. The van der Waals surface area contributed by atoms with Gasteiger partial charge in [-0.05, 0) is 67.1 Å². The van der Waals surface area contributed by atoms with E-state index in [-0.39, 0.29) is 18.2 Å². The van der Waals surface area contributed by atoms with Gasteiger partial charge in [-0.15, -0.1) is 0 Å². The van der Waals surface area contributed by atoms with E-state index >= 15 is 0 Å². The standard InChI is InChI=1S/C24H20BrFN4O4/c1-15-3-2-4-20(11-15)28-22(31)14-34-21-10-5-17(25)12-16(21)13-27-30-24(33)23(32)29-19-8-6-18(26)7-9-19/h2-13H,14H2,1H3,(H,28,31)(H,29,32)(H,30,33)/b27-13-. The van der Waals surface area contributed by atoms with Gasteiger partial charge in [0.05, 0.1) is 6.21 Å². The van der Waals surface area contributed by atoms with Crippen LogP contribution in [0.15, 0.2) is 76.3 Å². The van der Waals surface area contributed by atoms with Crippen LogP contribution in [0.5, 0.6) is 5.75 Å². The zero-order valence-electron chi connectivity index (χ0n) is 18.0. The summed E-state index contributed by atoms with van der Waals surface area (Å²) in [5.74, 6) is -2.46. The Morgan fingerprint density at radius 2 is 1.74 bits per heavy atom. The van der Waals surface area contributed by atoms with Crippen molar-refractivity contribution in [2.24, 2.45) is 5.10 Å². The minimum Gasteiger partial charge on any atom is -0.483 e. The fraction of sp³-hybridized carbons (Fsp3) is 0.0833. The Bertz CT molecular complexity index is 1230. The van der Waals surface area contributed by atoms with E-state index in [1.165, 1.54) is 18.3 Å². The van der Waals surface area contributed by atoms with Crippen LogP contribution in [0.2, 0.25) is 0 Å². The van der Waals surface area contributed by atoms with Crippen molar-refractivity contribution in [2.75, 3.05) is 17.2 Å². The van der Waals surface area contributed by atoms with E-state index in [0.717, 1.165) is 17.7 Å². The fourth-order valence-electron chi connectivity index (χ4n) is 2.75. The first-order valence-corrected chi connectivity index (χ1v) is 10.8. The molecule has 0 fully saturated rings. The SMILES string of the molecule is Cc1cccc(NC(=O)COc2ccc(Br)cc2/C=N\NC(=O)C(=O)Nc2ccc(F)cc2)c1. The summed E-state index contributed by atoms with van der Waals surface area (Å²) in [6, 6.07) is 17.4. The number of nitrogens with one attached hydrogen (secondary N) is 3. The highest BCUT2D eigenvalue weighted by Crippen LogP contribution is 2.22. The zero-order valence-corrected chi connectivity index (χ0v) is 19.6. The molecule has 0 aliphatic carbocycles. The Balaban J connectivity index is 1.57.